The predicted molar refractivity (Wildman–Crippen MR) is 103 cm³/mol. The van der Waals surface area contributed by atoms with Crippen LogP contribution in [0.15, 0.2) is 0 Å². The molecular weight excluding hydrogens is 378 g/mol. The quantitative estimate of drug-likeness (QED) is 0.547. The number of hydrogen-bond acceptors (Lipinski definition) is 6. The van der Waals surface area contributed by atoms with Crippen LogP contribution >= 0.6 is 0 Å². The monoisotopic (exact) mass is 405 g/mol. The highest BCUT2D eigenvalue weighted by atomic mass is 16.6. The van der Waals surface area contributed by atoms with E-state index in [1.807, 2.05) is 0 Å². The van der Waals surface area contributed by atoms with E-state index >= 15 is 0 Å². The molecule has 1 aromatic rings. The molecule has 1 N–H and O–H groups in total. The van der Waals surface area contributed by atoms with Crippen molar-refractivity contribution in [3.05, 3.63) is 25.9 Å². The minimum Gasteiger partial charge on any atom is -0.358 e. The fourth-order valence-electron chi connectivity index (χ4n) is 6.68. The minimum absolute atomic E-state index is 0.0136. The molecule has 10 nitrogen and oxygen atoms in total. The third-order valence-electron chi connectivity index (χ3n) is 7.37. The highest BCUT2D eigenvalue weighted by Crippen LogP contribution is 2.61. The van der Waals surface area contributed by atoms with Gasteiger partial charge in [-0.3, -0.25) is 14.9 Å². The van der Waals surface area contributed by atoms with Gasteiger partial charge in [0.05, 0.1) is 10.0 Å². The van der Waals surface area contributed by atoms with Gasteiger partial charge >= 0.3 is 11.5 Å². The van der Waals surface area contributed by atoms with Crippen LogP contribution in [-0.2, 0) is 11.3 Å². The highest BCUT2D eigenvalue weighted by Gasteiger charge is 2.54. The number of carbonyl (C=O) groups excluding carboxylic acids is 1. The molecule has 0 saturated heterocycles. The fourth-order valence-corrected chi connectivity index (χ4v) is 6.68. The molecule has 4 aliphatic rings. The van der Waals surface area contributed by atoms with Crippen molar-refractivity contribution < 1.29 is 14.6 Å². The van der Waals surface area contributed by atoms with Gasteiger partial charge in [-0.1, -0.05) is 6.92 Å². The maximum atomic E-state index is 12.8. The van der Waals surface area contributed by atoms with Gasteiger partial charge in [0, 0.05) is 6.04 Å². The zero-order valence-corrected chi connectivity index (χ0v) is 16.8. The lowest BCUT2D eigenvalue weighted by atomic mass is 9.47. The fraction of sp³-hybridized carbons (Fsp3) is 0.789. The molecule has 4 fully saturated rings. The van der Waals surface area contributed by atoms with Crippen molar-refractivity contribution in [2.75, 3.05) is 0 Å². The molecule has 4 saturated carbocycles. The number of nitrogens with zero attached hydrogens (tertiary/aromatic N) is 4. The van der Waals surface area contributed by atoms with Gasteiger partial charge in [-0.2, -0.15) is 4.68 Å². The molecule has 1 unspecified atom stereocenters. The number of aromatic nitrogens is 2. The SMILES string of the molecule is CCC(NC(=O)Cn1nc([N+](=O)[O-])c([N+](=O)[O-])c1C)C12CC3CC(CC(C3)C1)C2. The molecule has 1 amide bonds. The Morgan fingerprint density at radius 1 is 1.17 bits per heavy atom. The van der Waals surface area contributed by atoms with Gasteiger partial charge in [0.1, 0.15) is 12.2 Å². The van der Waals surface area contributed by atoms with E-state index in [4.69, 9.17) is 0 Å². The molecule has 0 radical (unpaired) electrons. The average Bonchev–Trinajstić information content (AvgIpc) is 2.95. The molecule has 29 heavy (non-hydrogen) atoms. The molecule has 0 spiro atoms. The van der Waals surface area contributed by atoms with E-state index in [-0.39, 0.29) is 29.6 Å². The van der Waals surface area contributed by atoms with Gasteiger partial charge in [0.25, 0.3) is 0 Å². The Balaban J connectivity index is 1.50. The Morgan fingerprint density at radius 2 is 1.72 bits per heavy atom. The van der Waals surface area contributed by atoms with Crippen LogP contribution in [0.1, 0.15) is 57.6 Å². The normalized spacial score (nSPS) is 30.9. The third kappa shape index (κ3) is 3.38. The summed E-state index contributed by atoms with van der Waals surface area (Å²) in [7, 11) is 0. The first-order valence-electron chi connectivity index (χ1n) is 10.4. The Bertz CT molecular complexity index is 828. The molecule has 10 heteroatoms. The minimum atomic E-state index is -0.885. The molecule has 1 heterocycles. The van der Waals surface area contributed by atoms with E-state index < -0.39 is 21.4 Å². The molecule has 4 aliphatic carbocycles. The van der Waals surface area contributed by atoms with Crippen LogP contribution < -0.4 is 5.32 Å². The summed E-state index contributed by atoms with van der Waals surface area (Å²) in [6.07, 6.45) is 8.28. The van der Waals surface area contributed by atoms with Crippen LogP contribution in [0.4, 0.5) is 11.5 Å². The molecule has 0 aromatic carbocycles. The number of nitrogens with one attached hydrogen (secondary N) is 1. The second-order valence-corrected chi connectivity index (χ2v) is 9.24. The van der Waals surface area contributed by atoms with Crippen molar-refractivity contribution >= 4 is 17.4 Å². The molecular formula is C19H27N5O5. The standard InChI is InChI=1S/C19H27N5O5/c1-3-15(19-7-12-4-13(8-19)6-14(5-12)9-19)20-16(25)10-22-11(2)17(23(26)27)18(21-22)24(28)29/h12-15H,3-10H2,1-2H3,(H,20,25). The van der Waals surface area contributed by atoms with Crippen molar-refractivity contribution in [3.8, 4) is 0 Å². The molecule has 1 aromatic heterocycles. The van der Waals surface area contributed by atoms with Crippen LogP contribution in [0.25, 0.3) is 0 Å². The highest BCUT2D eigenvalue weighted by molar-refractivity contribution is 5.76. The molecule has 4 bridgehead atoms. The lowest BCUT2D eigenvalue weighted by molar-refractivity contribution is -0.424. The van der Waals surface area contributed by atoms with Crippen molar-refractivity contribution in [2.24, 2.45) is 23.2 Å². The van der Waals surface area contributed by atoms with Crippen molar-refractivity contribution in [1.29, 1.82) is 0 Å². The van der Waals surface area contributed by atoms with E-state index in [0.29, 0.717) is 0 Å². The predicted octanol–water partition coefficient (Wildman–Crippen LogP) is 3.12. The summed E-state index contributed by atoms with van der Waals surface area (Å²) in [5.41, 5.74) is -0.494. The summed E-state index contributed by atoms with van der Waals surface area (Å²) in [4.78, 5) is 33.3. The lowest BCUT2D eigenvalue weighted by Gasteiger charge is -2.59. The maximum Gasteiger partial charge on any atom is 0.468 e. The van der Waals surface area contributed by atoms with Crippen LogP contribution in [-0.4, -0.2) is 31.6 Å². The summed E-state index contributed by atoms with van der Waals surface area (Å²) in [6.45, 7) is 3.20. The van der Waals surface area contributed by atoms with E-state index in [1.165, 1.54) is 26.2 Å². The Labute approximate surface area is 168 Å². The first kappa shape index (κ1) is 19.8. The van der Waals surface area contributed by atoms with E-state index in [9.17, 15) is 25.0 Å². The van der Waals surface area contributed by atoms with Crippen LogP contribution in [0, 0.1) is 50.3 Å². The van der Waals surface area contributed by atoms with E-state index in [2.05, 4.69) is 17.3 Å². The average molecular weight is 405 g/mol. The number of carbonyl (C=O) groups is 1. The first-order valence-corrected chi connectivity index (χ1v) is 10.4. The van der Waals surface area contributed by atoms with Gasteiger partial charge in [-0.25, -0.2) is 0 Å². The summed E-state index contributed by atoms with van der Waals surface area (Å²) in [5, 5.41) is 29.1. The first-order chi connectivity index (χ1) is 13.7. The zero-order valence-electron chi connectivity index (χ0n) is 16.8. The van der Waals surface area contributed by atoms with Crippen LogP contribution in [0.2, 0.25) is 0 Å². The van der Waals surface area contributed by atoms with Crippen molar-refractivity contribution in [1.82, 2.24) is 15.1 Å². The maximum absolute atomic E-state index is 12.8. The summed E-state index contributed by atoms with van der Waals surface area (Å²) in [5.74, 6) is 1.18. The van der Waals surface area contributed by atoms with Gasteiger partial charge in [-0.15, -0.1) is 0 Å². The van der Waals surface area contributed by atoms with Gasteiger partial charge in [-0.05, 0) is 80.0 Å². The van der Waals surface area contributed by atoms with Crippen LogP contribution in [0.3, 0.4) is 0 Å². The van der Waals surface area contributed by atoms with Crippen molar-refractivity contribution in [3.63, 3.8) is 0 Å². The zero-order chi connectivity index (χ0) is 20.9. The molecule has 1 atom stereocenters. The topological polar surface area (TPSA) is 133 Å². The largest absolute Gasteiger partial charge is 0.468 e. The van der Waals surface area contributed by atoms with Gasteiger partial charge in [0.15, 0.2) is 0 Å². The smallest absolute Gasteiger partial charge is 0.358 e. The summed E-state index contributed by atoms with van der Waals surface area (Å²) in [6, 6.07) is 0.0595. The summed E-state index contributed by atoms with van der Waals surface area (Å²) < 4.78 is 1.07. The summed E-state index contributed by atoms with van der Waals surface area (Å²) >= 11 is 0. The Morgan fingerprint density at radius 3 is 2.14 bits per heavy atom. The second kappa shape index (κ2) is 7.07. The lowest BCUT2D eigenvalue weighted by Crippen LogP contribution is -2.57. The molecule has 158 valence electrons. The van der Waals surface area contributed by atoms with E-state index in [1.54, 1.807) is 0 Å². The Kier molecular flexibility index (Phi) is 4.82. The number of rotatable bonds is 7. The second-order valence-electron chi connectivity index (χ2n) is 9.24. The molecule has 0 aliphatic heterocycles. The Hall–Kier alpha value is -2.52. The number of hydrogen-bond donors (Lipinski definition) is 1. The van der Waals surface area contributed by atoms with Crippen molar-refractivity contribution in [2.45, 2.75) is 71.4 Å². The van der Waals surface area contributed by atoms with Crippen LogP contribution in [0.5, 0.6) is 0 Å². The van der Waals surface area contributed by atoms with Gasteiger partial charge in [0.2, 0.25) is 5.91 Å². The number of amides is 1. The van der Waals surface area contributed by atoms with Gasteiger partial charge < -0.3 is 15.4 Å². The molecule has 5 rings (SSSR count). The third-order valence-corrected chi connectivity index (χ3v) is 7.37. The number of nitro groups is 2. The van der Waals surface area contributed by atoms with E-state index in [0.717, 1.165) is 48.1 Å².